The molecule has 1 N–H and O–H groups in total. The summed E-state index contributed by atoms with van der Waals surface area (Å²) in [4.78, 5) is 13.9. The highest BCUT2D eigenvalue weighted by atomic mass is 19.1. The molecule has 1 aromatic rings. The third-order valence-corrected chi connectivity index (χ3v) is 4.21. The normalized spacial score (nSPS) is 30.6. The van der Waals surface area contributed by atoms with Crippen molar-refractivity contribution in [2.75, 3.05) is 13.1 Å². The summed E-state index contributed by atoms with van der Waals surface area (Å²) < 4.78 is 13.6. The first-order chi connectivity index (χ1) is 8.66. The molecule has 1 saturated heterocycles. The minimum atomic E-state index is -0.472. The number of nitrogens with zero attached hydrogens (tertiary/aromatic N) is 1. The summed E-state index contributed by atoms with van der Waals surface area (Å²) in [5.41, 5.74) is 0.131. The second-order valence-electron chi connectivity index (χ2n) is 5.26. The Labute approximate surface area is 105 Å². The van der Waals surface area contributed by atoms with E-state index in [0.29, 0.717) is 19.0 Å². The summed E-state index contributed by atoms with van der Waals surface area (Å²) in [6.07, 6.45) is 1.50. The summed E-state index contributed by atoms with van der Waals surface area (Å²) in [5, 5.41) is 9.81. The van der Waals surface area contributed by atoms with Gasteiger partial charge in [-0.15, -0.1) is 0 Å². The monoisotopic (exact) mass is 249 g/mol. The van der Waals surface area contributed by atoms with Crippen molar-refractivity contribution in [2.45, 2.75) is 18.9 Å². The number of likely N-dealkylation sites (tertiary alicyclic amines) is 1. The zero-order chi connectivity index (χ0) is 12.7. The van der Waals surface area contributed by atoms with Crippen LogP contribution in [0.25, 0.3) is 0 Å². The van der Waals surface area contributed by atoms with Crippen molar-refractivity contribution in [3.8, 4) is 0 Å². The highest BCUT2D eigenvalue weighted by molar-refractivity contribution is 5.94. The van der Waals surface area contributed by atoms with Gasteiger partial charge in [0, 0.05) is 19.0 Å². The maximum absolute atomic E-state index is 13.6. The van der Waals surface area contributed by atoms with E-state index in [1.165, 1.54) is 12.1 Å². The second-order valence-corrected chi connectivity index (χ2v) is 5.26. The van der Waals surface area contributed by atoms with E-state index in [4.69, 9.17) is 0 Å². The topological polar surface area (TPSA) is 40.5 Å². The Morgan fingerprint density at radius 3 is 2.78 bits per heavy atom. The number of carbonyl (C=O) groups excluding carboxylic acids is 1. The number of aliphatic hydroxyl groups excluding tert-OH is 1. The number of fused-ring (bicyclic) bond motifs is 1. The third-order valence-electron chi connectivity index (χ3n) is 4.21. The average Bonchev–Trinajstić information content (AvgIpc) is 2.92. The first kappa shape index (κ1) is 11.7. The molecular weight excluding hydrogens is 233 g/mol. The number of halogens is 1. The van der Waals surface area contributed by atoms with Crippen LogP contribution in [-0.2, 0) is 0 Å². The van der Waals surface area contributed by atoms with Crippen LogP contribution in [0.1, 0.15) is 23.2 Å². The van der Waals surface area contributed by atoms with Gasteiger partial charge >= 0.3 is 0 Å². The fourth-order valence-corrected chi connectivity index (χ4v) is 3.21. The number of hydrogen-bond acceptors (Lipinski definition) is 2. The lowest BCUT2D eigenvalue weighted by Crippen LogP contribution is -2.31. The minimum Gasteiger partial charge on any atom is -0.393 e. The summed E-state index contributed by atoms with van der Waals surface area (Å²) in [7, 11) is 0. The Hall–Kier alpha value is -1.42. The van der Waals surface area contributed by atoms with Crippen LogP contribution in [0.5, 0.6) is 0 Å². The molecule has 4 heteroatoms. The standard InChI is InChI=1S/C14H16FNO2/c15-12-4-2-1-3-10(12)14(18)16-7-9-5-6-13(17)11(9)8-16/h1-4,9,11,13,17H,5-8H2. The molecule has 2 aliphatic rings. The molecular formula is C14H16FNO2. The van der Waals surface area contributed by atoms with Gasteiger partial charge in [-0.25, -0.2) is 4.39 Å². The van der Waals surface area contributed by atoms with Gasteiger partial charge in [-0.3, -0.25) is 4.79 Å². The van der Waals surface area contributed by atoms with E-state index in [1.807, 2.05) is 0 Å². The maximum Gasteiger partial charge on any atom is 0.256 e. The largest absolute Gasteiger partial charge is 0.393 e. The summed E-state index contributed by atoms with van der Waals surface area (Å²) >= 11 is 0. The van der Waals surface area contributed by atoms with Crippen LogP contribution >= 0.6 is 0 Å². The molecule has 1 aromatic carbocycles. The quantitative estimate of drug-likeness (QED) is 0.822. The van der Waals surface area contributed by atoms with Crippen molar-refractivity contribution in [3.05, 3.63) is 35.6 Å². The van der Waals surface area contributed by atoms with Crippen molar-refractivity contribution in [3.63, 3.8) is 0 Å². The molecule has 3 atom stereocenters. The average molecular weight is 249 g/mol. The van der Waals surface area contributed by atoms with Crippen LogP contribution < -0.4 is 0 Å². The predicted molar refractivity (Wildman–Crippen MR) is 64.5 cm³/mol. The third kappa shape index (κ3) is 1.81. The van der Waals surface area contributed by atoms with Crippen LogP contribution in [0.15, 0.2) is 24.3 Å². The van der Waals surface area contributed by atoms with E-state index in [0.717, 1.165) is 12.8 Å². The Morgan fingerprint density at radius 2 is 2.06 bits per heavy atom. The van der Waals surface area contributed by atoms with Crippen LogP contribution in [-0.4, -0.2) is 35.1 Å². The molecule has 18 heavy (non-hydrogen) atoms. The molecule has 3 unspecified atom stereocenters. The van der Waals surface area contributed by atoms with Crippen molar-refractivity contribution < 1.29 is 14.3 Å². The van der Waals surface area contributed by atoms with Crippen LogP contribution in [0.4, 0.5) is 4.39 Å². The van der Waals surface area contributed by atoms with Gasteiger partial charge < -0.3 is 10.0 Å². The SMILES string of the molecule is O=C(c1ccccc1F)N1CC2CCC(O)C2C1. The lowest BCUT2D eigenvalue weighted by molar-refractivity contribution is 0.0748. The lowest BCUT2D eigenvalue weighted by Gasteiger charge is -2.18. The molecule has 3 nitrogen and oxygen atoms in total. The molecule has 1 heterocycles. The number of carbonyl (C=O) groups is 1. The molecule has 0 bridgehead atoms. The number of amides is 1. The van der Waals surface area contributed by atoms with Gasteiger partial charge in [0.05, 0.1) is 11.7 Å². The zero-order valence-corrected chi connectivity index (χ0v) is 10.1. The van der Waals surface area contributed by atoms with Gasteiger partial charge in [-0.05, 0) is 30.9 Å². The zero-order valence-electron chi connectivity index (χ0n) is 10.1. The first-order valence-corrected chi connectivity index (χ1v) is 6.38. The molecule has 0 aromatic heterocycles. The van der Waals surface area contributed by atoms with Gasteiger partial charge in [0.1, 0.15) is 5.82 Å². The Balaban J connectivity index is 1.78. The molecule has 3 rings (SSSR count). The molecule has 0 radical (unpaired) electrons. The van der Waals surface area contributed by atoms with Gasteiger partial charge in [0.15, 0.2) is 0 Å². The van der Waals surface area contributed by atoms with E-state index < -0.39 is 5.82 Å². The van der Waals surface area contributed by atoms with Crippen LogP contribution in [0, 0.1) is 17.7 Å². The Bertz CT molecular complexity index is 477. The van der Waals surface area contributed by atoms with Gasteiger partial charge in [-0.1, -0.05) is 12.1 Å². The minimum absolute atomic E-state index is 0.131. The fraction of sp³-hybridized carbons (Fsp3) is 0.500. The van der Waals surface area contributed by atoms with Crippen molar-refractivity contribution in [1.29, 1.82) is 0 Å². The highest BCUT2D eigenvalue weighted by Crippen LogP contribution is 2.38. The predicted octanol–water partition coefficient (Wildman–Crippen LogP) is 1.67. The van der Waals surface area contributed by atoms with Gasteiger partial charge in [0.25, 0.3) is 5.91 Å². The van der Waals surface area contributed by atoms with Crippen molar-refractivity contribution >= 4 is 5.91 Å². The summed E-state index contributed by atoms with van der Waals surface area (Å²) in [5.74, 6) is -0.161. The van der Waals surface area contributed by atoms with E-state index >= 15 is 0 Å². The number of rotatable bonds is 1. The van der Waals surface area contributed by atoms with Gasteiger partial charge in [0.2, 0.25) is 0 Å². The molecule has 96 valence electrons. The van der Waals surface area contributed by atoms with Gasteiger partial charge in [-0.2, -0.15) is 0 Å². The van der Waals surface area contributed by atoms with E-state index in [1.54, 1.807) is 17.0 Å². The molecule has 1 amide bonds. The number of hydrogen-bond donors (Lipinski definition) is 1. The first-order valence-electron chi connectivity index (χ1n) is 6.38. The molecule has 1 aliphatic heterocycles. The Morgan fingerprint density at radius 1 is 1.28 bits per heavy atom. The molecule has 0 spiro atoms. The second kappa shape index (κ2) is 4.35. The molecule has 1 aliphatic carbocycles. The highest BCUT2D eigenvalue weighted by Gasteiger charge is 2.43. The summed E-state index contributed by atoms with van der Waals surface area (Å²) in [6, 6.07) is 6.07. The fourth-order valence-electron chi connectivity index (χ4n) is 3.21. The van der Waals surface area contributed by atoms with E-state index in [9.17, 15) is 14.3 Å². The van der Waals surface area contributed by atoms with E-state index in [-0.39, 0.29) is 23.5 Å². The Kier molecular flexibility index (Phi) is 2.82. The smallest absolute Gasteiger partial charge is 0.256 e. The molecule has 1 saturated carbocycles. The lowest BCUT2D eigenvalue weighted by atomic mass is 10.00. The van der Waals surface area contributed by atoms with E-state index in [2.05, 4.69) is 0 Å². The van der Waals surface area contributed by atoms with Crippen LogP contribution in [0.2, 0.25) is 0 Å². The summed E-state index contributed by atoms with van der Waals surface area (Å²) in [6.45, 7) is 1.20. The molecule has 2 fully saturated rings. The van der Waals surface area contributed by atoms with Crippen LogP contribution in [0.3, 0.4) is 0 Å². The van der Waals surface area contributed by atoms with Crippen molar-refractivity contribution in [2.24, 2.45) is 11.8 Å². The maximum atomic E-state index is 13.6. The number of aliphatic hydroxyl groups is 1. The van der Waals surface area contributed by atoms with Crippen molar-refractivity contribution in [1.82, 2.24) is 4.90 Å². The number of benzene rings is 1.